The van der Waals surface area contributed by atoms with Gasteiger partial charge in [-0.05, 0) is 36.5 Å². The Kier molecular flexibility index (Phi) is 6.93. The molecule has 2 aliphatic heterocycles. The van der Waals surface area contributed by atoms with Crippen LogP contribution in [0.3, 0.4) is 0 Å². The second-order valence-corrected chi connectivity index (χ2v) is 11.5. The van der Waals surface area contributed by atoms with Crippen LogP contribution in [0, 0.1) is 5.92 Å². The SMILES string of the molecule is NC(=O)c1nc(CSc2cccc3c2CN(C2CCC(=O)NC2=O)C3=O)c(CC2CCCCC2)s1. The van der Waals surface area contributed by atoms with Crippen molar-refractivity contribution in [3.05, 3.63) is 44.9 Å². The van der Waals surface area contributed by atoms with Crippen molar-refractivity contribution >= 4 is 46.7 Å². The Morgan fingerprint density at radius 1 is 1.17 bits per heavy atom. The number of carbonyl (C=O) groups is 4. The van der Waals surface area contributed by atoms with Crippen molar-refractivity contribution in [3.8, 4) is 0 Å². The van der Waals surface area contributed by atoms with Crippen molar-refractivity contribution in [3.63, 3.8) is 0 Å². The van der Waals surface area contributed by atoms with Gasteiger partial charge in [0.05, 0.1) is 5.69 Å². The Labute approximate surface area is 212 Å². The lowest BCUT2D eigenvalue weighted by molar-refractivity contribution is -0.136. The van der Waals surface area contributed by atoms with Gasteiger partial charge in [-0.15, -0.1) is 23.1 Å². The predicted molar refractivity (Wildman–Crippen MR) is 133 cm³/mol. The lowest BCUT2D eigenvalue weighted by Crippen LogP contribution is -2.52. The summed E-state index contributed by atoms with van der Waals surface area (Å²) in [5.41, 5.74) is 7.92. The fraction of sp³-hybridized carbons (Fsp3) is 0.480. The third kappa shape index (κ3) is 4.99. The van der Waals surface area contributed by atoms with Crippen molar-refractivity contribution in [2.24, 2.45) is 11.7 Å². The molecule has 3 aliphatic rings. The van der Waals surface area contributed by atoms with Crippen molar-refractivity contribution in [2.75, 3.05) is 0 Å². The number of piperidine rings is 1. The first-order chi connectivity index (χ1) is 16.9. The minimum atomic E-state index is -0.635. The first kappa shape index (κ1) is 24.0. The van der Waals surface area contributed by atoms with Crippen LogP contribution in [0.5, 0.6) is 0 Å². The lowest BCUT2D eigenvalue weighted by atomic mass is 9.86. The molecule has 1 aromatic carbocycles. The van der Waals surface area contributed by atoms with Crippen molar-refractivity contribution in [1.82, 2.24) is 15.2 Å². The highest BCUT2D eigenvalue weighted by atomic mass is 32.2. The van der Waals surface area contributed by atoms with Gasteiger partial charge in [0.2, 0.25) is 11.8 Å². The van der Waals surface area contributed by atoms with Gasteiger partial charge in [0, 0.05) is 34.1 Å². The Bertz CT molecular complexity index is 1190. The quantitative estimate of drug-likeness (QED) is 0.433. The number of primary amides is 1. The van der Waals surface area contributed by atoms with Gasteiger partial charge in [-0.1, -0.05) is 38.2 Å². The summed E-state index contributed by atoms with van der Waals surface area (Å²) >= 11 is 3.00. The van der Waals surface area contributed by atoms with Gasteiger partial charge in [-0.25, -0.2) is 4.98 Å². The van der Waals surface area contributed by atoms with Gasteiger partial charge in [-0.3, -0.25) is 24.5 Å². The number of aromatic nitrogens is 1. The number of hydrogen-bond donors (Lipinski definition) is 2. The van der Waals surface area contributed by atoms with E-state index in [2.05, 4.69) is 10.3 Å². The number of imide groups is 1. The number of carbonyl (C=O) groups excluding carboxylic acids is 4. The smallest absolute Gasteiger partial charge is 0.277 e. The average molecular weight is 513 g/mol. The summed E-state index contributed by atoms with van der Waals surface area (Å²) in [5, 5.41) is 2.69. The van der Waals surface area contributed by atoms with E-state index in [1.54, 1.807) is 22.7 Å². The number of benzene rings is 1. The van der Waals surface area contributed by atoms with E-state index in [9.17, 15) is 19.2 Å². The average Bonchev–Trinajstić information content (AvgIpc) is 3.40. The fourth-order valence-corrected chi connectivity index (χ4v) is 7.44. The maximum atomic E-state index is 13.1. The number of rotatable bonds is 7. The Balaban J connectivity index is 1.33. The molecule has 2 aromatic rings. The molecule has 3 N–H and O–H groups in total. The van der Waals surface area contributed by atoms with E-state index in [0.29, 0.717) is 35.2 Å². The Hall–Kier alpha value is -2.72. The number of nitrogens with one attached hydrogen (secondary N) is 1. The van der Waals surface area contributed by atoms with Crippen LogP contribution in [0.2, 0.25) is 0 Å². The van der Waals surface area contributed by atoms with Crippen LogP contribution in [0.4, 0.5) is 0 Å². The topological polar surface area (TPSA) is 122 Å². The molecule has 1 saturated heterocycles. The van der Waals surface area contributed by atoms with E-state index in [1.807, 2.05) is 12.1 Å². The van der Waals surface area contributed by atoms with Crippen LogP contribution in [-0.2, 0) is 28.3 Å². The van der Waals surface area contributed by atoms with Gasteiger partial charge in [0.1, 0.15) is 6.04 Å². The normalized spacial score (nSPS) is 20.7. The van der Waals surface area contributed by atoms with Gasteiger partial charge in [-0.2, -0.15) is 0 Å². The molecule has 1 saturated carbocycles. The molecule has 1 unspecified atom stereocenters. The van der Waals surface area contributed by atoms with Gasteiger partial charge >= 0.3 is 0 Å². The predicted octanol–water partition coefficient (Wildman–Crippen LogP) is 3.42. The molecule has 184 valence electrons. The second kappa shape index (κ2) is 10.1. The molecule has 1 aliphatic carbocycles. The van der Waals surface area contributed by atoms with E-state index in [0.717, 1.165) is 27.5 Å². The molecule has 2 fully saturated rings. The molecule has 0 radical (unpaired) electrons. The molecular weight excluding hydrogens is 484 g/mol. The molecule has 35 heavy (non-hydrogen) atoms. The minimum absolute atomic E-state index is 0.181. The zero-order chi connectivity index (χ0) is 24.5. The number of hydrogen-bond acceptors (Lipinski definition) is 7. The monoisotopic (exact) mass is 512 g/mol. The third-order valence-corrected chi connectivity index (χ3v) is 9.34. The number of thioether (sulfide) groups is 1. The van der Waals surface area contributed by atoms with Crippen molar-refractivity contribution in [1.29, 1.82) is 0 Å². The maximum Gasteiger partial charge on any atom is 0.277 e. The summed E-state index contributed by atoms with van der Waals surface area (Å²) < 4.78 is 0. The molecule has 3 heterocycles. The van der Waals surface area contributed by atoms with Crippen LogP contribution in [-0.4, -0.2) is 39.6 Å². The third-order valence-electron chi connectivity index (χ3n) is 7.09. The fourth-order valence-electron chi connectivity index (χ4n) is 5.25. The van der Waals surface area contributed by atoms with Crippen molar-refractivity contribution in [2.45, 2.75) is 74.6 Å². The summed E-state index contributed by atoms with van der Waals surface area (Å²) in [6.07, 6.45) is 7.72. The van der Waals surface area contributed by atoms with E-state index < -0.39 is 17.9 Å². The molecule has 10 heteroatoms. The summed E-state index contributed by atoms with van der Waals surface area (Å²) in [4.78, 5) is 57.0. The number of nitrogens with two attached hydrogens (primary N) is 1. The minimum Gasteiger partial charge on any atom is -0.364 e. The lowest BCUT2D eigenvalue weighted by Gasteiger charge is -2.29. The largest absolute Gasteiger partial charge is 0.364 e. The van der Waals surface area contributed by atoms with Gasteiger partial charge < -0.3 is 10.6 Å². The number of amides is 4. The first-order valence-electron chi connectivity index (χ1n) is 12.1. The maximum absolute atomic E-state index is 13.1. The van der Waals surface area contributed by atoms with E-state index in [1.165, 1.54) is 43.4 Å². The van der Waals surface area contributed by atoms with Crippen LogP contribution in [0.25, 0.3) is 0 Å². The molecule has 0 bridgehead atoms. The standard InChI is InChI=1S/C25H28N4O4S2/c26-22(31)24-27-17(20(35-24)11-14-5-2-1-3-6-14)13-34-19-8-4-7-15-16(19)12-29(25(15)33)18-9-10-21(30)28-23(18)32/h4,7-8,14,18H,1-3,5-6,9-13H2,(H2,26,31)(H,28,30,32). The Morgan fingerprint density at radius 3 is 2.71 bits per heavy atom. The number of nitrogens with zero attached hydrogens (tertiary/aromatic N) is 2. The van der Waals surface area contributed by atoms with Crippen LogP contribution < -0.4 is 11.1 Å². The molecule has 4 amide bonds. The number of thiazole rings is 1. The summed E-state index contributed by atoms with van der Waals surface area (Å²) in [6, 6.07) is 4.98. The van der Waals surface area contributed by atoms with E-state index in [4.69, 9.17) is 5.73 Å². The Morgan fingerprint density at radius 2 is 1.97 bits per heavy atom. The summed E-state index contributed by atoms with van der Waals surface area (Å²) in [5.74, 6) is -0.189. The first-order valence-corrected chi connectivity index (χ1v) is 13.9. The van der Waals surface area contributed by atoms with Crippen LogP contribution >= 0.6 is 23.1 Å². The zero-order valence-corrected chi connectivity index (χ0v) is 21.0. The molecule has 1 aromatic heterocycles. The molecule has 8 nitrogen and oxygen atoms in total. The van der Waals surface area contributed by atoms with E-state index >= 15 is 0 Å². The molecule has 1 atom stereocenters. The second-order valence-electron chi connectivity index (χ2n) is 9.43. The highest BCUT2D eigenvalue weighted by molar-refractivity contribution is 7.98. The zero-order valence-electron chi connectivity index (χ0n) is 19.4. The van der Waals surface area contributed by atoms with E-state index in [-0.39, 0.29) is 18.2 Å². The molecule has 0 spiro atoms. The number of fused-ring (bicyclic) bond motifs is 1. The van der Waals surface area contributed by atoms with Crippen LogP contribution in [0.15, 0.2) is 23.1 Å². The van der Waals surface area contributed by atoms with Crippen LogP contribution in [0.1, 0.15) is 81.2 Å². The van der Waals surface area contributed by atoms with Gasteiger partial charge in [0.15, 0.2) is 5.01 Å². The summed E-state index contributed by atoms with van der Waals surface area (Å²) in [6.45, 7) is 0.335. The highest BCUT2D eigenvalue weighted by Crippen LogP contribution is 2.37. The molecular formula is C25H28N4O4S2. The van der Waals surface area contributed by atoms with Gasteiger partial charge in [0.25, 0.3) is 11.8 Å². The highest BCUT2D eigenvalue weighted by Gasteiger charge is 2.39. The molecule has 5 rings (SSSR count). The summed E-state index contributed by atoms with van der Waals surface area (Å²) in [7, 11) is 0. The van der Waals surface area contributed by atoms with Crippen molar-refractivity contribution < 1.29 is 19.2 Å².